The Balaban J connectivity index is 0.000000177. The number of aliphatic hydroxyl groups excluding tert-OH is 1. The summed E-state index contributed by atoms with van der Waals surface area (Å²) in [6.07, 6.45) is -0.841. The third kappa shape index (κ3) is 4.89. The van der Waals surface area contributed by atoms with Crippen LogP contribution in [0.15, 0.2) is 12.1 Å². The molecule has 0 unspecified atom stereocenters. The molecule has 2 amide bonds. The molecule has 1 fully saturated rings. The second kappa shape index (κ2) is 8.22. The highest BCUT2D eigenvalue weighted by Gasteiger charge is 2.24. The molecule has 5 N–H and O–H groups in total. The minimum atomic E-state index is -1.04. The molecule has 0 aromatic carbocycles. The Morgan fingerprint density at radius 2 is 2.25 bits per heavy atom. The highest BCUT2D eigenvalue weighted by molar-refractivity contribution is 5.94. The molecular formula is C14H18N4O6. The van der Waals surface area contributed by atoms with E-state index < -0.39 is 12.2 Å². The van der Waals surface area contributed by atoms with Crippen molar-refractivity contribution in [2.24, 2.45) is 5.92 Å². The summed E-state index contributed by atoms with van der Waals surface area (Å²) in [7, 11) is 0. The number of β-amino-alcohol motifs (C(OH)–C–C–N with tert-alkyl or cyclic N) is 1. The van der Waals surface area contributed by atoms with Gasteiger partial charge < -0.3 is 30.9 Å². The van der Waals surface area contributed by atoms with Crippen molar-refractivity contribution in [1.29, 1.82) is 0 Å². The number of nitrogens with zero attached hydrogens (tertiary/aromatic N) is 1. The monoisotopic (exact) mass is 338 g/mol. The van der Waals surface area contributed by atoms with Crippen molar-refractivity contribution in [2.75, 3.05) is 31.6 Å². The molecule has 10 nitrogen and oxygen atoms in total. The molecule has 2 aliphatic heterocycles. The molecule has 2 atom stereocenters. The van der Waals surface area contributed by atoms with Crippen molar-refractivity contribution in [3.8, 4) is 5.75 Å². The number of hydrogen-bond acceptors (Lipinski definition) is 7. The smallest absolute Gasteiger partial charge is 0.404 e. The van der Waals surface area contributed by atoms with E-state index >= 15 is 0 Å². The number of aldehydes is 1. The molecule has 2 aliphatic rings. The Morgan fingerprint density at radius 3 is 2.88 bits per heavy atom. The van der Waals surface area contributed by atoms with Crippen molar-refractivity contribution >= 4 is 24.1 Å². The molecule has 0 radical (unpaired) electrons. The topological polar surface area (TPSA) is 150 Å². The number of aliphatic hydroxyl groups is 1. The third-order valence-corrected chi connectivity index (χ3v) is 3.44. The molecule has 1 aromatic rings. The molecule has 10 heteroatoms. The number of carbonyl (C=O) groups excluding carboxylic acids is 2. The Kier molecular flexibility index (Phi) is 6.04. The maximum absolute atomic E-state index is 10.9. The summed E-state index contributed by atoms with van der Waals surface area (Å²) in [5, 5.41) is 25.2. The molecule has 0 bridgehead atoms. The fourth-order valence-electron chi connectivity index (χ4n) is 2.19. The van der Waals surface area contributed by atoms with E-state index in [2.05, 4.69) is 20.9 Å². The van der Waals surface area contributed by atoms with Gasteiger partial charge in [-0.25, -0.2) is 9.78 Å². The first-order chi connectivity index (χ1) is 11.5. The highest BCUT2D eigenvalue weighted by Crippen LogP contribution is 2.24. The lowest BCUT2D eigenvalue weighted by molar-refractivity contribution is -0.118. The fraction of sp³-hybridized carbons (Fsp3) is 0.429. The number of pyridine rings is 1. The maximum atomic E-state index is 10.9. The second-order valence-corrected chi connectivity index (χ2v) is 5.21. The number of carboxylic acid groups (broad SMARTS) is 1. The maximum Gasteiger partial charge on any atom is 0.404 e. The van der Waals surface area contributed by atoms with E-state index in [4.69, 9.17) is 9.84 Å². The zero-order valence-electron chi connectivity index (χ0n) is 12.7. The van der Waals surface area contributed by atoms with Gasteiger partial charge in [-0.3, -0.25) is 9.59 Å². The average molecular weight is 338 g/mol. The summed E-state index contributed by atoms with van der Waals surface area (Å²) in [6, 6.07) is 3.13. The van der Waals surface area contributed by atoms with E-state index in [1.165, 1.54) is 6.07 Å². The van der Waals surface area contributed by atoms with Gasteiger partial charge in [0.05, 0.1) is 6.10 Å². The van der Waals surface area contributed by atoms with Crippen LogP contribution in [0.5, 0.6) is 5.75 Å². The van der Waals surface area contributed by atoms with Gasteiger partial charge in [-0.2, -0.15) is 0 Å². The van der Waals surface area contributed by atoms with Crippen LogP contribution in [0, 0.1) is 5.92 Å². The van der Waals surface area contributed by atoms with Gasteiger partial charge in [-0.05, 0) is 12.1 Å². The third-order valence-electron chi connectivity index (χ3n) is 3.44. The number of hydrogen-bond donors (Lipinski definition) is 5. The number of amides is 2. The van der Waals surface area contributed by atoms with Gasteiger partial charge in [0.15, 0.2) is 24.5 Å². The molecule has 1 aromatic heterocycles. The Hall–Kier alpha value is -2.72. The summed E-state index contributed by atoms with van der Waals surface area (Å²) in [5.41, 5.74) is 0.268. The van der Waals surface area contributed by atoms with Crippen LogP contribution >= 0.6 is 0 Å². The molecule has 0 saturated carbocycles. The van der Waals surface area contributed by atoms with Gasteiger partial charge in [0.25, 0.3) is 5.91 Å². The van der Waals surface area contributed by atoms with Crippen LogP contribution in [0.4, 0.5) is 10.6 Å². The summed E-state index contributed by atoms with van der Waals surface area (Å²) in [6.45, 7) is 1.56. The van der Waals surface area contributed by atoms with Crippen molar-refractivity contribution in [3.05, 3.63) is 17.8 Å². The molecule has 3 heterocycles. The Bertz CT molecular complexity index is 623. The zero-order chi connectivity index (χ0) is 17.5. The predicted octanol–water partition coefficient (Wildman–Crippen LogP) is -0.941. The first kappa shape index (κ1) is 17.6. The van der Waals surface area contributed by atoms with E-state index in [1.54, 1.807) is 6.07 Å². The zero-order valence-corrected chi connectivity index (χ0v) is 12.7. The summed E-state index contributed by atoms with van der Waals surface area (Å²) >= 11 is 0. The van der Waals surface area contributed by atoms with Gasteiger partial charge in [-0.15, -0.1) is 0 Å². The number of rotatable bonds is 3. The van der Waals surface area contributed by atoms with Gasteiger partial charge in [0.2, 0.25) is 0 Å². The molecular weight excluding hydrogens is 320 g/mol. The van der Waals surface area contributed by atoms with E-state index in [0.29, 0.717) is 37.5 Å². The Labute approximate surface area is 137 Å². The fourth-order valence-corrected chi connectivity index (χ4v) is 2.19. The van der Waals surface area contributed by atoms with Crippen molar-refractivity contribution in [1.82, 2.24) is 15.6 Å². The minimum Gasteiger partial charge on any atom is -0.480 e. The number of aromatic nitrogens is 1. The normalized spacial score (nSPS) is 21.5. The van der Waals surface area contributed by atoms with Crippen LogP contribution in [-0.4, -0.2) is 65.8 Å². The van der Waals surface area contributed by atoms with E-state index in [0.717, 1.165) is 0 Å². The second-order valence-electron chi connectivity index (χ2n) is 5.21. The Morgan fingerprint density at radius 1 is 1.46 bits per heavy atom. The highest BCUT2D eigenvalue weighted by atomic mass is 16.5. The number of fused-ring (bicyclic) bond motifs is 1. The minimum absolute atomic E-state index is 0.00485. The van der Waals surface area contributed by atoms with Crippen LogP contribution in [-0.2, 0) is 4.79 Å². The van der Waals surface area contributed by atoms with Gasteiger partial charge in [0, 0.05) is 25.6 Å². The standard InChI is InChI=1S/C8H6N2O3.C6H12N2O3/c11-3-5-1-2-6-8(9-5)10-7(12)4-13-6;9-5-3-7-1-4(5)2-8-6(10)11/h1-3H,4H2,(H,9,10,12);4-5,7-9H,1-3H2,(H,10,11)/t;4-,5-/m.1/s1. The van der Waals surface area contributed by atoms with E-state index in [1.807, 2.05) is 0 Å². The largest absolute Gasteiger partial charge is 0.480 e. The molecule has 0 spiro atoms. The molecule has 1 saturated heterocycles. The van der Waals surface area contributed by atoms with Crippen LogP contribution < -0.4 is 20.7 Å². The lowest BCUT2D eigenvalue weighted by Gasteiger charge is -2.16. The number of nitrogens with one attached hydrogen (secondary N) is 3. The van der Waals surface area contributed by atoms with Crippen molar-refractivity contribution in [3.63, 3.8) is 0 Å². The van der Waals surface area contributed by atoms with E-state index in [9.17, 15) is 19.5 Å². The molecule has 3 rings (SSSR count). The lowest BCUT2D eigenvalue weighted by Crippen LogP contribution is -2.33. The van der Waals surface area contributed by atoms with Gasteiger partial charge in [0.1, 0.15) is 5.69 Å². The first-order valence-corrected chi connectivity index (χ1v) is 7.24. The van der Waals surface area contributed by atoms with Gasteiger partial charge >= 0.3 is 6.09 Å². The van der Waals surface area contributed by atoms with Crippen molar-refractivity contribution < 1.29 is 29.3 Å². The van der Waals surface area contributed by atoms with Crippen molar-refractivity contribution in [2.45, 2.75) is 6.10 Å². The molecule has 24 heavy (non-hydrogen) atoms. The van der Waals surface area contributed by atoms with Crippen LogP contribution in [0.1, 0.15) is 10.5 Å². The molecule has 0 aliphatic carbocycles. The quantitative estimate of drug-likeness (QED) is 0.443. The number of anilines is 1. The summed E-state index contributed by atoms with van der Waals surface area (Å²) in [4.78, 5) is 35.1. The molecule has 130 valence electrons. The van der Waals surface area contributed by atoms with Crippen LogP contribution in [0.2, 0.25) is 0 Å². The number of carbonyl (C=O) groups is 3. The lowest BCUT2D eigenvalue weighted by atomic mass is 10.1. The SMILES string of the molecule is O=C(O)NC[C@H]1CNC[C@H]1O.O=Cc1ccc2c(n1)NC(=O)CO2. The van der Waals surface area contributed by atoms with Crippen LogP contribution in [0.25, 0.3) is 0 Å². The first-order valence-electron chi connectivity index (χ1n) is 7.24. The van der Waals surface area contributed by atoms with Crippen LogP contribution in [0.3, 0.4) is 0 Å². The number of ether oxygens (including phenoxy) is 1. The summed E-state index contributed by atoms with van der Waals surface area (Å²) < 4.78 is 5.04. The average Bonchev–Trinajstić information content (AvgIpc) is 2.98. The van der Waals surface area contributed by atoms with E-state index in [-0.39, 0.29) is 24.1 Å². The predicted molar refractivity (Wildman–Crippen MR) is 82.1 cm³/mol. The summed E-state index contributed by atoms with van der Waals surface area (Å²) in [5.74, 6) is 0.556. The van der Waals surface area contributed by atoms with Gasteiger partial charge in [-0.1, -0.05) is 0 Å².